The highest BCUT2D eigenvalue weighted by atomic mass is 16.5. The number of methoxy groups -OCH3 is 2. The second-order valence-electron chi connectivity index (χ2n) is 6.17. The second-order valence-corrected chi connectivity index (χ2v) is 6.17. The van der Waals surface area contributed by atoms with E-state index in [1.807, 2.05) is 7.11 Å². The van der Waals surface area contributed by atoms with Crippen LogP contribution in [-0.2, 0) is 4.74 Å². The fourth-order valence-electron chi connectivity index (χ4n) is 3.21. The van der Waals surface area contributed by atoms with Crippen molar-refractivity contribution < 1.29 is 9.47 Å². The minimum atomic E-state index is 0.0811. The monoisotopic (exact) mass is 291 g/mol. The molecule has 1 aliphatic rings. The van der Waals surface area contributed by atoms with Gasteiger partial charge in [0.2, 0.25) is 0 Å². The van der Waals surface area contributed by atoms with Crippen LogP contribution in [0, 0.1) is 6.92 Å². The van der Waals surface area contributed by atoms with Crippen LogP contribution in [0.25, 0.3) is 0 Å². The average Bonchev–Trinajstić information content (AvgIpc) is 2.46. The van der Waals surface area contributed by atoms with Crippen LogP contribution in [0.3, 0.4) is 0 Å². The molecule has 1 aromatic rings. The zero-order chi connectivity index (χ0) is 15.3. The highest BCUT2D eigenvalue weighted by Gasteiger charge is 2.39. The van der Waals surface area contributed by atoms with Crippen LogP contribution in [0.1, 0.15) is 56.2 Å². The molecule has 1 saturated carbocycles. The number of hydrogen-bond acceptors (Lipinski definition) is 3. The van der Waals surface area contributed by atoms with Gasteiger partial charge < -0.3 is 14.8 Å². The van der Waals surface area contributed by atoms with Gasteiger partial charge in [0.05, 0.1) is 12.7 Å². The first-order valence-electron chi connectivity index (χ1n) is 8.07. The van der Waals surface area contributed by atoms with Crippen LogP contribution < -0.4 is 10.1 Å². The van der Waals surface area contributed by atoms with Gasteiger partial charge >= 0.3 is 0 Å². The van der Waals surface area contributed by atoms with E-state index < -0.39 is 0 Å². The highest BCUT2D eigenvalue weighted by Crippen LogP contribution is 2.42. The lowest BCUT2D eigenvalue weighted by Gasteiger charge is -2.43. The predicted molar refractivity (Wildman–Crippen MR) is 87.0 cm³/mol. The first kappa shape index (κ1) is 16.3. The summed E-state index contributed by atoms with van der Waals surface area (Å²) in [6.07, 6.45) is 5.85. The maximum absolute atomic E-state index is 5.83. The van der Waals surface area contributed by atoms with E-state index in [0.29, 0.717) is 6.04 Å². The standard InChI is InChI=1S/C18H29NO2/c1-5-11-19-17(13-18(21-4)9-6-10-18)16-8-7-15(20-3)12-14(16)2/h7-8,12,17,19H,5-6,9-11,13H2,1-4H3. The third-order valence-corrected chi connectivity index (χ3v) is 4.77. The number of aryl methyl sites for hydroxylation is 1. The first-order chi connectivity index (χ1) is 10.1. The SMILES string of the molecule is CCCNC(CC1(OC)CCC1)c1ccc(OC)cc1C. The summed E-state index contributed by atoms with van der Waals surface area (Å²) in [5, 5.41) is 3.70. The van der Waals surface area contributed by atoms with E-state index in [2.05, 4.69) is 37.4 Å². The van der Waals surface area contributed by atoms with Crippen LogP contribution in [0.2, 0.25) is 0 Å². The van der Waals surface area contributed by atoms with Crippen LogP contribution in [0.15, 0.2) is 18.2 Å². The Kier molecular flexibility index (Phi) is 5.65. The third kappa shape index (κ3) is 3.78. The Morgan fingerprint density at radius 3 is 2.52 bits per heavy atom. The molecule has 21 heavy (non-hydrogen) atoms. The van der Waals surface area contributed by atoms with Gasteiger partial charge in [-0.15, -0.1) is 0 Å². The van der Waals surface area contributed by atoms with Crippen molar-refractivity contribution in [1.29, 1.82) is 0 Å². The van der Waals surface area contributed by atoms with E-state index in [0.717, 1.165) is 25.1 Å². The van der Waals surface area contributed by atoms with Gasteiger partial charge in [0.1, 0.15) is 5.75 Å². The quantitative estimate of drug-likeness (QED) is 0.785. The third-order valence-electron chi connectivity index (χ3n) is 4.77. The summed E-state index contributed by atoms with van der Waals surface area (Å²) < 4.78 is 11.1. The molecule has 3 heteroatoms. The van der Waals surface area contributed by atoms with E-state index in [1.165, 1.54) is 30.4 Å². The van der Waals surface area contributed by atoms with Crippen LogP contribution in [0.5, 0.6) is 5.75 Å². The summed E-state index contributed by atoms with van der Waals surface area (Å²) in [7, 11) is 3.58. The molecule has 1 unspecified atom stereocenters. The Hall–Kier alpha value is -1.06. The molecule has 3 nitrogen and oxygen atoms in total. The zero-order valence-corrected chi connectivity index (χ0v) is 13.9. The van der Waals surface area contributed by atoms with Crippen LogP contribution in [-0.4, -0.2) is 26.4 Å². The molecule has 1 atom stereocenters. The van der Waals surface area contributed by atoms with Crippen molar-refractivity contribution in [1.82, 2.24) is 5.32 Å². The number of nitrogens with one attached hydrogen (secondary N) is 1. The summed E-state index contributed by atoms with van der Waals surface area (Å²) in [5.74, 6) is 0.926. The van der Waals surface area contributed by atoms with E-state index in [9.17, 15) is 0 Å². The van der Waals surface area contributed by atoms with Crippen LogP contribution >= 0.6 is 0 Å². The molecule has 2 rings (SSSR count). The summed E-state index contributed by atoms with van der Waals surface area (Å²) in [4.78, 5) is 0. The van der Waals surface area contributed by atoms with Crippen molar-refractivity contribution in [2.75, 3.05) is 20.8 Å². The molecule has 0 aliphatic heterocycles. The molecule has 1 fully saturated rings. The van der Waals surface area contributed by atoms with Gasteiger partial charge in [0.15, 0.2) is 0 Å². The van der Waals surface area contributed by atoms with Crippen LogP contribution in [0.4, 0.5) is 0 Å². The molecule has 0 radical (unpaired) electrons. The summed E-state index contributed by atoms with van der Waals surface area (Å²) in [5.41, 5.74) is 2.73. The maximum Gasteiger partial charge on any atom is 0.119 e. The molecular weight excluding hydrogens is 262 g/mol. The Bertz CT molecular complexity index is 449. The molecule has 0 saturated heterocycles. The number of rotatable bonds is 8. The normalized spacial score (nSPS) is 18.1. The number of benzene rings is 1. The molecular formula is C18H29NO2. The van der Waals surface area contributed by atoms with E-state index in [4.69, 9.17) is 9.47 Å². The molecule has 1 aromatic carbocycles. The lowest BCUT2D eigenvalue weighted by Crippen LogP contribution is -2.43. The zero-order valence-electron chi connectivity index (χ0n) is 13.9. The van der Waals surface area contributed by atoms with E-state index in [1.54, 1.807) is 7.11 Å². The number of ether oxygens (including phenoxy) is 2. The lowest BCUT2D eigenvalue weighted by molar-refractivity contribution is -0.0838. The molecule has 1 aliphatic carbocycles. The minimum Gasteiger partial charge on any atom is -0.497 e. The van der Waals surface area contributed by atoms with E-state index >= 15 is 0 Å². The van der Waals surface area contributed by atoms with Crippen molar-refractivity contribution >= 4 is 0 Å². The van der Waals surface area contributed by atoms with Gasteiger partial charge in [-0.1, -0.05) is 13.0 Å². The Morgan fingerprint density at radius 1 is 1.29 bits per heavy atom. The lowest BCUT2D eigenvalue weighted by atomic mass is 9.74. The van der Waals surface area contributed by atoms with Crippen molar-refractivity contribution in [2.45, 2.75) is 57.6 Å². The highest BCUT2D eigenvalue weighted by molar-refractivity contribution is 5.37. The second kappa shape index (κ2) is 7.28. The van der Waals surface area contributed by atoms with Gasteiger partial charge in [-0.3, -0.25) is 0 Å². The van der Waals surface area contributed by atoms with Crippen molar-refractivity contribution in [3.05, 3.63) is 29.3 Å². The van der Waals surface area contributed by atoms with Crippen molar-refractivity contribution in [3.63, 3.8) is 0 Å². The number of hydrogen-bond donors (Lipinski definition) is 1. The Balaban J connectivity index is 2.18. The minimum absolute atomic E-state index is 0.0811. The fourth-order valence-corrected chi connectivity index (χ4v) is 3.21. The van der Waals surface area contributed by atoms with E-state index in [-0.39, 0.29) is 5.60 Å². The smallest absolute Gasteiger partial charge is 0.119 e. The first-order valence-corrected chi connectivity index (χ1v) is 8.07. The Morgan fingerprint density at radius 2 is 2.05 bits per heavy atom. The fraction of sp³-hybridized carbons (Fsp3) is 0.667. The molecule has 0 bridgehead atoms. The molecule has 1 N–H and O–H groups in total. The maximum atomic E-state index is 5.83. The van der Waals surface area contributed by atoms with Gasteiger partial charge in [-0.25, -0.2) is 0 Å². The molecule has 0 amide bonds. The van der Waals surface area contributed by atoms with Gasteiger partial charge in [-0.2, -0.15) is 0 Å². The van der Waals surface area contributed by atoms with Crippen molar-refractivity contribution in [3.8, 4) is 5.75 Å². The largest absolute Gasteiger partial charge is 0.497 e. The Labute approximate surface area is 129 Å². The average molecular weight is 291 g/mol. The topological polar surface area (TPSA) is 30.5 Å². The van der Waals surface area contributed by atoms with Gasteiger partial charge in [-0.05, 0) is 68.8 Å². The van der Waals surface area contributed by atoms with Gasteiger partial charge in [0, 0.05) is 13.2 Å². The van der Waals surface area contributed by atoms with Crippen molar-refractivity contribution in [2.24, 2.45) is 0 Å². The summed E-state index contributed by atoms with van der Waals surface area (Å²) in [6, 6.07) is 6.74. The summed E-state index contributed by atoms with van der Waals surface area (Å²) >= 11 is 0. The summed E-state index contributed by atoms with van der Waals surface area (Å²) in [6.45, 7) is 5.41. The van der Waals surface area contributed by atoms with Gasteiger partial charge in [0.25, 0.3) is 0 Å². The molecule has 118 valence electrons. The molecule has 0 heterocycles. The predicted octanol–water partition coefficient (Wildman–Crippen LogP) is 4.00. The molecule has 0 spiro atoms. The molecule has 0 aromatic heterocycles.